The van der Waals surface area contributed by atoms with E-state index in [1.807, 2.05) is 20.3 Å². The first kappa shape index (κ1) is 10.1. The lowest BCUT2D eigenvalue weighted by Gasteiger charge is -2.05. The monoisotopic (exact) mass is 224 g/mol. The standard InChI is InChI=1S/C9H12N4OS/c1-13(2)5-6-3-11-8(15-6)7-4-12-9(10)14-7/h3-4H,5H2,1-2H3,(H2,10,12). The van der Waals surface area contributed by atoms with Gasteiger partial charge in [0.1, 0.15) is 0 Å². The van der Waals surface area contributed by atoms with Gasteiger partial charge in [-0.3, -0.25) is 0 Å². The summed E-state index contributed by atoms with van der Waals surface area (Å²) in [4.78, 5) is 11.4. The molecule has 0 saturated carbocycles. The summed E-state index contributed by atoms with van der Waals surface area (Å²) >= 11 is 1.59. The maximum absolute atomic E-state index is 5.39. The van der Waals surface area contributed by atoms with E-state index in [1.165, 1.54) is 4.88 Å². The Hall–Kier alpha value is -1.40. The first-order valence-electron chi connectivity index (χ1n) is 4.46. The third-order valence-corrected chi connectivity index (χ3v) is 2.76. The number of oxazole rings is 1. The highest BCUT2D eigenvalue weighted by atomic mass is 32.1. The van der Waals surface area contributed by atoms with Gasteiger partial charge in [-0.1, -0.05) is 0 Å². The summed E-state index contributed by atoms with van der Waals surface area (Å²) < 4.78 is 5.19. The van der Waals surface area contributed by atoms with E-state index < -0.39 is 0 Å². The summed E-state index contributed by atoms with van der Waals surface area (Å²) in [5.41, 5.74) is 5.39. The van der Waals surface area contributed by atoms with Crippen LogP contribution in [0.5, 0.6) is 0 Å². The van der Waals surface area contributed by atoms with E-state index in [-0.39, 0.29) is 6.01 Å². The maximum atomic E-state index is 5.39. The molecule has 0 unspecified atom stereocenters. The number of thiazole rings is 1. The molecule has 6 heteroatoms. The Balaban J connectivity index is 2.20. The zero-order valence-electron chi connectivity index (χ0n) is 8.60. The van der Waals surface area contributed by atoms with Crippen molar-refractivity contribution in [2.24, 2.45) is 0 Å². The van der Waals surface area contributed by atoms with Gasteiger partial charge in [0.05, 0.1) is 6.20 Å². The molecule has 0 aliphatic carbocycles. The van der Waals surface area contributed by atoms with Crippen molar-refractivity contribution in [1.82, 2.24) is 14.9 Å². The van der Waals surface area contributed by atoms with Crippen molar-refractivity contribution >= 4 is 17.4 Å². The van der Waals surface area contributed by atoms with E-state index >= 15 is 0 Å². The fourth-order valence-corrected chi connectivity index (χ4v) is 2.17. The second kappa shape index (κ2) is 4.00. The molecule has 0 atom stereocenters. The second-order valence-corrected chi connectivity index (χ2v) is 4.55. The minimum atomic E-state index is 0.175. The second-order valence-electron chi connectivity index (χ2n) is 3.43. The molecule has 2 aromatic heterocycles. The van der Waals surface area contributed by atoms with Crippen molar-refractivity contribution in [2.45, 2.75) is 6.54 Å². The van der Waals surface area contributed by atoms with Crippen LogP contribution in [0.3, 0.4) is 0 Å². The van der Waals surface area contributed by atoms with Crippen LogP contribution in [0.2, 0.25) is 0 Å². The number of nitrogen functional groups attached to an aromatic ring is 1. The normalized spacial score (nSPS) is 11.1. The lowest BCUT2D eigenvalue weighted by atomic mass is 10.5. The number of nitrogens with zero attached hydrogens (tertiary/aromatic N) is 3. The number of aromatic nitrogens is 2. The van der Waals surface area contributed by atoms with Gasteiger partial charge in [-0.05, 0) is 14.1 Å². The van der Waals surface area contributed by atoms with Gasteiger partial charge in [0.2, 0.25) is 0 Å². The molecule has 5 nitrogen and oxygen atoms in total. The molecule has 15 heavy (non-hydrogen) atoms. The van der Waals surface area contributed by atoms with Crippen molar-refractivity contribution in [3.05, 3.63) is 17.3 Å². The van der Waals surface area contributed by atoms with Crippen molar-refractivity contribution in [3.63, 3.8) is 0 Å². The molecule has 0 amide bonds. The number of hydrogen-bond donors (Lipinski definition) is 1. The molecule has 0 bridgehead atoms. The van der Waals surface area contributed by atoms with Crippen LogP contribution in [0.15, 0.2) is 16.8 Å². The average molecular weight is 224 g/mol. The van der Waals surface area contributed by atoms with Gasteiger partial charge in [0.15, 0.2) is 10.8 Å². The Bertz CT molecular complexity index is 448. The van der Waals surface area contributed by atoms with Gasteiger partial charge in [0, 0.05) is 17.6 Å². The molecule has 2 N–H and O–H groups in total. The summed E-state index contributed by atoms with van der Waals surface area (Å²) in [6.07, 6.45) is 3.44. The number of hydrogen-bond acceptors (Lipinski definition) is 6. The SMILES string of the molecule is CN(C)Cc1cnc(-c2cnc(N)o2)s1. The summed E-state index contributed by atoms with van der Waals surface area (Å²) in [5, 5.41) is 0.816. The molecule has 0 fully saturated rings. The molecule has 2 aromatic rings. The first-order valence-corrected chi connectivity index (χ1v) is 5.28. The molecule has 0 spiro atoms. The topological polar surface area (TPSA) is 68.2 Å². The van der Waals surface area contributed by atoms with Crippen LogP contribution in [0, 0.1) is 0 Å². The summed E-state index contributed by atoms with van der Waals surface area (Å²) in [6, 6.07) is 0.175. The first-order chi connectivity index (χ1) is 7.15. The Labute approximate surface area is 91.6 Å². The van der Waals surface area contributed by atoms with Crippen molar-refractivity contribution < 1.29 is 4.42 Å². The fraction of sp³-hybridized carbons (Fsp3) is 0.333. The van der Waals surface area contributed by atoms with Crippen LogP contribution in [0.1, 0.15) is 4.88 Å². The van der Waals surface area contributed by atoms with E-state index in [2.05, 4.69) is 14.9 Å². The Morgan fingerprint density at radius 3 is 2.80 bits per heavy atom. The smallest absolute Gasteiger partial charge is 0.292 e. The van der Waals surface area contributed by atoms with Crippen LogP contribution >= 0.6 is 11.3 Å². The molecule has 80 valence electrons. The minimum absolute atomic E-state index is 0.175. The lowest BCUT2D eigenvalue weighted by molar-refractivity contribution is 0.406. The van der Waals surface area contributed by atoms with E-state index in [0.29, 0.717) is 5.76 Å². The highest BCUT2D eigenvalue weighted by Gasteiger charge is 2.09. The Morgan fingerprint density at radius 2 is 2.20 bits per heavy atom. The average Bonchev–Trinajstić information content (AvgIpc) is 2.72. The quantitative estimate of drug-likeness (QED) is 0.854. The highest BCUT2D eigenvalue weighted by Crippen LogP contribution is 2.26. The fourth-order valence-electron chi connectivity index (χ4n) is 1.19. The van der Waals surface area contributed by atoms with Crippen LogP contribution in [0.4, 0.5) is 6.01 Å². The van der Waals surface area contributed by atoms with Gasteiger partial charge >= 0.3 is 0 Å². The molecule has 0 aliphatic heterocycles. The van der Waals surface area contributed by atoms with Gasteiger partial charge in [0.25, 0.3) is 6.01 Å². The van der Waals surface area contributed by atoms with Gasteiger partial charge in [-0.15, -0.1) is 11.3 Å². The molecular formula is C9H12N4OS. The summed E-state index contributed by atoms with van der Waals surface area (Å²) in [6.45, 7) is 0.876. The molecule has 0 radical (unpaired) electrons. The van der Waals surface area contributed by atoms with Crippen molar-refractivity contribution in [1.29, 1.82) is 0 Å². The Kier molecular flexibility index (Phi) is 2.70. The highest BCUT2D eigenvalue weighted by molar-refractivity contribution is 7.14. The molecular weight excluding hydrogens is 212 g/mol. The van der Waals surface area contributed by atoms with Gasteiger partial charge in [-0.2, -0.15) is 0 Å². The largest absolute Gasteiger partial charge is 0.421 e. The van der Waals surface area contributed by atoms with E-state index in [9.17, 15) is 0 Å². The number of rotatable bonds is 3. The third-order valence-electron chi connectivity index (χ3n) is 1.76. The predicted octanol–water partition coefficient (Wildman–Crippen LogP) is 1.44. The molecule has 2 heterocycles. The summed E-state index contributed by atoms with van der Waals surface area (Å²) in [5.74, 6) is 0.627. The zero-order valence-corrected chi connectivity index (χ0v) is 9.41. The molecule has 0 aromatic carbocycles. The Morgan fingerprint density at radius 1 is 1.40 bits per heavy atom. The van der Waals surface area contributed by atoms with Gasteiger partial charge in [-0.25, -0.2) is 9.97 Å². The van der Waals surface area contributed by atoms with Crippen LogP contribution in [0.25, 0.3) is 10.8 Å². The summed E-state index contributed by atoms with van der Waals surface area (Å²) in [7, 11) is 4.04. The van der Waals surface area contributed by atoms with E-state index in [0.717, 1.165) is 11.6 Å². The maximum Gasteiger partial charge on any atom is 0.292 e. The minimum Gasteiger partial charge on any atom is -0.421 e. The molecule has 0 saturated heterocycles. The van der Waals surface area contributed by atoms with Crippen LogP contribution in [-0.2, 0) is 6.54 Å². The zero-order chi connectivity index (χ0) is 10.8. The molecule has 0 aliphatic rings. The van der Waals surface area contributed by atoms with Gasteiger partial charge < -0.3 is 15.1 Å². The predicted molar refractivity (Wildman–Crippen MR) is 59.4 cm³/mol. The van der Waals surface area contributed by atoms with Crippen LogP contribution < -0.4 is 5.73 Å². The molecule has 2 rings (SSSR count). The number of anilines is 1. The number of nitrogens with two attached hydrogens (primary N) is 1. The van der Waals surface area contributed by atoms with Crippen LogP contribution in [-0.4, -0.2) is 29.0 Å². The van der Waals surface area contributed by atoms with E-state index in [1.54, 1.807) is 17.5 Å². The lowest BCUT2D eigenvalue weighted by Crippen LogP contribution is -2.09. The van der Waals surface area contributed by atoms with Crippen molar-refractivity contribution in [3.8, 4) is 10.8 Å². The van der Waals surface area contributed by atoms with Crippen molar-refractivity contribution in [2.75, 3.05) is 19.8 Å². The van der Waals surface area contributed by atoms with E-state index in [4.69, 9.17) is 10.2 Å². The third kappa shape index (κ3) is 2.34.